The minimum atomic E-state index is 0.430. The van der Waals surface area contributed by atoms with Crippen molar-refractivity contribution in [3.63, 3.8) is 0 Å². The van der Waals surface area contributed by atoms with Crippen molar-refractivity contribution in [1.29, 1.82) is 0 Å². The van der Waals surface area contributed by atoms with Crippen LogP contribution in [-0.4, -0.2) is 30.6 Å². The number of hydrogen-bond acceptors (Lipinski definition) is 2. The highest BCUT2D eigenvalue weighted by Gasteiger charge is 2.17. The van der Waals surface area contributed by atoms with Crippen LogP contribution in [0, 0.1) is 6.92 Å². The van der Waals surface area contributed by atoms with Gasteiger partial charge in [-0.1, -0.05) is 56.5 Å². The number of likely N-dealkylation sites (N-methyl/N-ethyl adjacent to an activating group) is 1. The van der Waals surface area contributed by atoms with Gasteiger partial charge >= 0.3 is 0 Å². The van der Waals surface area contributed by atoms with E-state index in [0.717, 1.165) is 13.1 Å². The van der Waals surface area contributed by atoms with E-state index in [1.807, 2.05) is 0 Å². The van der Waals surface area contributed by atoms with Crippen molar-refractivity contribution in [2.24, 2.45) is 0 Å². The minimum Gasteiger partial charge on any atom is -0.309 e. The normalized spacial score (nSPS) is 13.1. The molecule has 1 atom stereocenters. The van der Waals surface area contributed by atoms with Crippen LogP contribution in [0.4, 0.5) is 0 Å². The molecule has 1 rings (SSSR count). The molecule has 1 N–H and O–H groups in total. The average molecular weight is 290 g/mol. The van der Waals surface area contributed by atoms with Crippen LogP contribution in [-0.2, 0) is 0 Å². The summed E-state index contributed by atoms with van der Waals surface area (Å²) in [6.07, 6.45) is 3.93. The van der Waals surface area contributed by atoms with E-state index in [2.05, 4.69) is 69.1 Å². The Kier molecular flexibility index (Phi) is 8.63. The van der Waals surface area contributed by atoms with E-state index in [9.17, 15) is 0 Å². The Balaban J connectivity index is 2.71. The summed E-state index contributed by atoms with van der Waals surface area (Å²) in [5.41, 5.74) is 2.74. The number of rotatable bonds is 10. The molecule has 120 valence electrons. The summed E-state index contributed by atoms with van der Waals surface area (Å²) < 4.78 is 0. The zero-order valence-electron chi connectivity index (χ0n) is 14.7. The first-order valence-electron chi connectivity index (χ1n) is 8.62. The number of hydrogen-bond donors (Lipinski definition) is 1. The van der Waals surface area contributed by atoms with Gasteiger partial charge in [0.2, 0.25) is 0 Å². The molecule has 0 aromatic heterocycles. The van der Waals surface area contributed by atoms with Crippen LogP contribution < -0.4 is 5.32 Å². The predicted octanol–water partition coefficient (Wildman–Crippen LogP) is 4.55. The van der Waals surface area contributed by atoms with Crippen molar-refractivity contribution in [2.45, 2.75) is 66.0 Å². The van der Waals surface area contributed by atoms with Crippen molar-refractivity contribution >= 4 is 0 Å². The van der Waals surface area contributed by atoms with Crippen molar-refractivity contribution < 1.29 is 0 Å². The largest absolute Gasteiger partial charge is 0.309 e. The zero-order chi connectivity index (χ0) is 15.7. The highest BCUT2D eigenvalue weighted by Crippen LogP contribution is 2.17. The third-order valence-corrected chi connectivity index (χ3v) is 4.13. The molecule has 0 heterocycles. The monoisotopic (exact) mass is 290 g/mol. The van der Waals surface area contributed by atoms with Crippen LogP contribution in [0.15, 0.2) is 24.3 Å². The van der Waals surface area contributed by atoms with Gasteiger partial charge in [-0.05, 0) is 45.8 Å². The number of nitrogens with zero attached hydrogens (tertiary/aromatic N) is 1. The van der Waals surface area contributed by atoms with Crippen molar-refractivity contribution in [1.82, 2.24) is 10.2 Å². The average Bonchev–Trinajstić information content (AvgIpc) is 2.46. The van der Waals surface area contributed by atoms with Crippen LogP contribution in [0.2, 0.25) is 0 Å². The third kappa shape index (κ3) is 6.62. The van der Waals surface area contributed by atoms with Gasteiger partial charge in [0.1, 0.15) is 0 Å². The summed E-state index contributed by atoms with van der Waals surface area (Å²) in [5, 5.41) is 3.65. The fraction of sp³-hybridized carbons (Fsp3) is 0.684. The van der Waals surface area contributed by atoms with E-state index in [1.54, 1.807) is 0 Å². The fourth-order valence-electron chi connectivity index (χ4n) is 2.69. The first-order chi connectivity index (χ1) is 10.1. The lowest BCUT2D eigenvalue weighted by molar-refractivity contribution is 0.194. The van der Waals surface area contributed by atoms with Crippen LogP contribution in [0.3, 0.4) is 0 Å². The molecule has 0 saturated heterocycles. The molecule has 0 fully saturated rings. The van der Waals surface area contributed by atoms with Crippen molar-refractivity contribution in [2.75, 3.05) is 19.6 Å². The van der Waals surface area contributed by atoms with Crippen LogP contribution in [0.5, 0.6) is 0 Å². The molecule has 0 aliphatic carbocycles. The summed E-state index contributed by atoms with van der Waals surface area (Å²) in [4.78, 5) is 2.61. The molecular weight excluding hydrogens is 256 g/mol. The minimum absolute atomic E-state index is 0.430. The molecule has 0 saturated carbocycles. The topological polar surface area (TPSA) is 15.3 Å². The van der Waals surface area contributed by atoms with Gasteiger partial charge in [0.15, 0.2) is 0 Å². The zero-order valence-corrected chi connectivity index (χ0v) is 14.7. The molecule has 2 nitrogen and oxygen atoms in total. The van der Waals surface area contributed by atoms with E-state index >= 15 is 0 Å². The molecule has 0 bridgehead atoms. The molecule has 2 heteroatoms. The van der Waals surface area contributed by atoms with E-state index in [4.69, 9.17) is 0 Å². The Morgan fingerprint density at radius 3 is 2.24 bits per heavy atom. The Morgan fingerprint density at radius 2 is 1.71 bits per heavy atom. The Hall–Kier alpha value is -0.860. The lowest BCUT2D eigenvalue weighted by Gasteiger charge is -2.31. The van der Waals surface area contributed by atoms with Crippen LogP contribution in [0.25, 0.3) is 0 Å². The maximum absolute atomic E-state index is 3.65. The van der Waals surface area contributed by atoms with Crippen molar-refractivity contribution in [3.05, 3.63) is 35.4 Å². The first kappa shape index (κ1) is 18.2. The van der Waals surface area contributed by atoms with Gasteiger partial charge < -0.3 is 5.32 Å². The summed E-state index contributed by atoms with van der Waals surface area (Å²) in [6.45, 7) is 14.5. The molecular formula is C19H34N2. The quantitative estimate of drug-likeness (QED) is 0.636. The molecule has 0 amide bonds. The van der Waals surface area contributed by atoms with E-state index < -0.39 is 0 Å². The van der Waals surface area contributed by atoms with E-state index in [1.165, 1.54) is 36.9 Å². The number of nitrogens with one attached hydrogen (secondary N) is 1. The SMILES string of the molecule is CCCCCN(CC(NCC)c1ccc(C)cc1)C(C)C. The highest BCUT2D eigenvalue weighted by atomic mass is 15.2. The van der Waals surface area contributed by atoms with Gasteiger partial charge in [-0.3, -0.25) is 4.90 Å². The molecule has 0 aliphatic heterocycles. The number of unbranched alkanes of at least 4 members (excludes halogenated alkanes) is 2. The summed E-state index contributed by atoms with van der Waals surface area (Å²) in [5.74, 6) is 0. The second-order valence-corrected chi connectivity index (χ2v) is 6.32. The molecule has 0 radical (unpaired) electrons. The molecule has 1 aromatic carbocycles. The lowest BCUT2D eigenvalue weighted by Crippen LogP contribution is -2.39. The van der Waals surface area contributed by atoms with Gasteiger partial charge in [0, 0.05) is 18.6 Å². The standard InChI is InChI=1S/C19H34N2/c1-6-8-9-14-21(16(3)4)15-19(20-7-2)18-12-10-17(5)11-13-18/h10-13,16,19-20H,6-9,14-15H2,1-5H3. The second kappa shape index (κ2) is 9.97. The van der Waals surface area contributed by atoms with Crippen LogP contribution in [0.1, 0.15) is 64.1 Å². The molecule has 1 unspecified atom stereocenters. The molecule has 0 spiro atoms. The first-order valence-corrected chi connectivity index (χ1v) is 8.62. The summed E-state index contributed by atoms with van der Waals surface area (Å²) in [6, 6.07) is 10.0. The molecule has 21 heavy (non-hydrogen) atoms. The van der Waals surface area contributed by atoms with Gasteiger partial charge in [-0.2, -0.15) is 0 Å². The van der Waals surface area contributed by atoms with Gasteiger partial charge in [-0.15, -0.1) is 0 Å². The van der Waals surface area contributed by atoms with Crippen LogP contribution >= 0.6 is 0 Å². The summed E-state index contributed by atoms with van der Waals surface area (Å²) in [7, 11) is 0. The Labute approximate surface area is 131 Å². The summed E-state index contributed by atoms with van der Waals surface area (Å²) >= 11 is 0. The van der Waals surface area contributed by atoms with E-state index in [-0.39, 0.29) is 0 Å². The predicted molar refractivity (Wildman–Crippen MR) is 93.8 cm³/mol. The Bertz CT molecular complexity index is 370. The van der Waals surface area contributed by atoms with E-state index in [0.29, 0.717) is 12.1 Å². The second-order valence-electron chi connectivity index (χ2n) is 6.32. The van der Waals surface area contributed by atoms with Crippen molar-refractivity contribution in [3.8, 4) is 0 Å². The maximum Gasteiger partial charge on any atom is 0.0449 e. The van der Waals surface area contributed by atoms with Gasteiger partial charge in [-0.25, -0.2) is 0 Å². The third-order valence-electron chi connectivity index (χ3n) is 4.13. The fourth-order valence-corrected chi connectivity index (χ4v) is 2.69. The maximum atomic E-state index is 3.65. The number of aryl methyl sites for hydroxylation is 1. The van der Waals surface area contributed by atoms with Gasteiger partial charge in [0.05, 0.1) is 0 Å². The smallest absolute Gasteiger partial charge is 0.0449 e. The molecule has 1 aromatic rings. The highest BCUT2D eigenvalue weighted by molar-refractivity contribution is 5.24. The Morgan fingerprint density at radius 1 is 1.05 bits per heavy atom. The number of benzene rings is 1. The lowest BCUT2D eigenvalue weighted by atomic mass is 10.0. The molecule has 0 aliphatic rings. The van der Waals surface area contributed by atoms with Gasteiger partial charge in [0.25, 0.3) is 0 Å².